The highest BCUT2D eigenvalue weighted by Gasteiger charge is 2.48. The average molecular weight is 1120 g/mol. The number of thiocarbonyl (C=S) groups is 1. The molecule has 35 heteroatoms. The summed E-state index contributed by atoms with van der Waals surface area (Å²) in [6.45, 7) is 3.89. The number of hydroxylamine groups is 2. The van der Waals surface area contributed by atoms with Crippen molar-refractivity contribution in [3.63, 3.8) is 0 Å². The molecule has 2 aromatic rings. The van der Waals surface area contributed by atoms with Crippen LogP contribution in [0.15, 0.2) is 39.7 Å². The number of aromatic nitrogens is 1. The molecular formula is C32H38N6O20S9. The number of thioether (sulfide) groups is 1. The molecule has 3 amide bonds. The quantitative estimate of drug-likeness (QED) is 0.0222. The molecule has 0 spiro atoms. The first-order valence-corrected chi connectivity index (χ1v) is 29.9. The summed E-state index contributed by atoms with van der Waals surface area (Å²) < 4.78 is 138. The number of rotatable bonds is 20. The van der Waals surface area contributed by atoms with E-state index >= 15 is 0 Å². The van der Waals surface area contributed by atoms with Crippen LogP contribution >= 0.6 is 47.4 Å². The first kappa shape index (κ1) is 54.3. The molecule has 370 valence electrons. The predicted octanol–water partition coefficient (Wildman–Crippen LogP) is -1.52. The van der Waals surface area contributed by atoms with Crippen LogP contribution in [0.1, 0.15) is 51.5 Å². The summed E-state index contributed by atoms with van der Waals surface area (Å²) in [6, 6.07) is 5.09. The maximum atomic E-state index is 14.1. The molecule has 0 bridgehead atoms. The van der Waals surface area contributed by atoms with Crippen molar-refractivity contribution in [3.05, 3.63) is 55.1 Å². The number of carbonyl (C=O) groups excluding carboxylic acids is 4. The van der Waals surface area contributed by atoms with E-state index in [1.165, 1.54) is 20.4 Å². The Morgan fingerprint density at radius 2 is 1.55 bits per heavy atom. The normalized spacial score (nSPS) is 19.9. The third-order valence-electron chi connectivity index (χ3n) is 9.40. The molecule has 0 radical (unpaired) electrons. The fourth-order valence-electron chi connectivity index (χ4n) is 6.74. The lowest BCUT2D eigenvalue weighted by Gasteiger charge is -2.27. The fourth-order valence-corrected chi connectivity index (χ4v) is 15.8. The number of benzene rings is 1. The Labute approximate surface area is 399 Å². The number of sulfonamides is 4. The van der Waals surface area contributed by atoms with Crippen molar-refractivity contribution in [2.75, 3.05) is 29.8 Å². The number of nitrogens with zero attached hydrogens (tertiary/aromatic N) is 4. The van der Waals surface area contributed by atoms with Crippen molar-refractivity contribution >= 4 is 142 Å². The highest BCUT2D eigenvalue weighted by Crippen LogP contribution is 2.49. The van der Waals surface area contributed by atoms with Crippen molar-refractivity contribution < 1.29 is 85.3 Å². The zero-order valence-corrected chi connectivity index (χ0v) is 42.2. The minimum atomic E-state index is -4.93. The molecule has 2 fully saturated rings. The maximum absolute atomic E-state index is 14.1. The van der Waals surface area contributed by atoms with Gasteiger partial charge in [-0.25, -0.2) is 43.7 Å². The number of anilines is 1. The summed E-state index contributed by atoms with van der Waals surface area (Å²) in [4.78, 5) is 71.9. The molecule has 1 atom stereocenters. The topological polar surface area (TPSA) is 363 Å². The summed E-state index contributed by atoms with van der Waals surface area (Å²) in [5, 5.41) is 10.3. The number of allylic oxidation sites excluding steroid dienone is 2. The first-order chi connectivity index (χ1) is 30.7. The van der Waals surface area contributed by atoms with E-state index in [1.54, 1.807) is 18.2 Å². The highest BCUT2D eigenvalue weighted by molar-refractivity contribution is 8.30. The van der Waals surface area contributed by atoms with Crippen molar-refractivity contribution in [1.82, 2.24) is 22.8 Å². The van der Waals surface area contributed by atoms with Crippen LogP contribution in [-0.4, -0.2) is 125 Å². The maximum Gasteiger partial charge on any atom is 0.333 e. The van der Waals surface area contributed by atoms with Gasteiger partial charge in [-0.2, -0.15) is 8.42 Å². The van der Waals surface area contributed by atoms with Gasteiger partial charge in [0.25, 0.3) is 33.4 Å². The van der Waals surface area contributed by atoms with Crippen LogP contribution in [0.5, 0.6) is 0 Å². The van der Waals surface area contributed by atoms with Gasteiger partial charge in [0.1, 0.15) is 25.6 Å². The second-order valence-corrected chi connectivity index (χ2v) is 27.5. The van der Waals surface area contributed by atoms with Crippen molar-refractivity contribution in [3.8, 4) is 0 Å². The number of imide groups is 1. The Bertz CT molecular complexity index is 3220. The molecule has 1 unspecified atom stereocenters. The van der Waals surface area contributed by atoms with Gasteiger partial charge >= 0.3 is 5.97 Å². The van der Waals surface area contributed by atoms with Crippen molar-refractivity contribution in [2.45, 2.75) is 67.4 Å². The Hall–Kier alpha value is -3.69. The summed E-state index contributed by atoms with van der Waals surface area (Å²) in [6.07, 6.45) is 3.59. The number of unbranched alkanes of at least 4 members (excludes halogenated alkanes) is 2. The van der Waals surface area contributed by atoms with Gasteiger partial charge in [0.15, 0.2) is 5.25 Å². The molecule has 67 heavy (non-hydrogen) atoms. The van der Waals surface area contributed by atoms with Crippen LogP contribution in [0.2, 0.25) is 0 Å². The van der Waals surface area contributed by atoms with E-state index in [9.17, 15) is 70.6 Å². The molecule has 3 aliphatic rings. The molecule has 2 saturated heterocycles. The Morgan fingerprint density at radius 1 is 0.925 bits per heavy atom. The van der Waals surface area contributed by atoms with Gasteiger partial charge in [-0.3, -0.25) is 33.2 Å². The van der Waals surface area contributed by atoms with Gasteiger partial charge in [-0.1, -0.05) is 49.3 Å². The molecule has 0 saturated carbocycles. The molecule has 26 nitrogen and oxygen atoms in total. The fraction of sp³-hybridized carbons (Fsp3) is 0.438. The summed E-state index contributed by atoms with van der Waals surface area (Å²) in [7, 11) is -23.3. The first-order valence-electron chi connectivity index (χ1n) is 18.5. The number of nitrogens with one attached hydrogen (secondary N) is 2. The third-order valence-corrected chi connectivity index (χ3v) is 19.4. The SMILES string of the molecule is CC1(C)/C(=C/C=c2s/c(=C3\SC(=S)N(CS(=O)(=O)NS(C)(=O)=O)C3=O)n(CS(=O)(=O)NS(C)(=O)=O)c2=O)N(CCCCCC(=O)ON2C(=O)CC(S(=O)(=O)O)C2=O)c2ccc(SOOO)cc21. The van der Waals surface area contributed by atoms with E-state index in [0.29, 0.717) is 91.8 Å². The Balaban J connectivity index is 1.51. The minimum absolute atomic E-state index is 0.000370. The number of amides is 3. The molecule has 4 N–H and O–H groups in total. The smallest absolute Gasteiger partial charge is 0.333 e. The van der Waals surface area contributed by atoms with Crippen LogP contribution in [0, 0.1) is 0 Å². The number of carbonyl (C=O) groups is 4. The number of fused-ring (bicyclic) bond motifs is 1. The lowest BCUT2D eigenvalue weighted by molar-refractivity contribution is -0.432. The Kier molecular flexibility index (Phi) is 16.5. The zero-order chi connectivity index (χ0) is 50.2. The summed E-state index contributed by atoms with van der Waals surface area (Å²) in [5.41, 5.74) is -0.0511. The molecule has 1 aromatic carbocycles. The number of thiazole rings is 1. The molecule has 3 aliphatic heterocycles. The van der Waals surface area contributed by atoms with Crippen LogP contribution < -0.4 is 27.9 Å². The average Bonchev–Trinajstić information content (AvgIpc) is 3.80. The lowest BCUT2D eigenvalue weighted by Crippen LogP contribution is -2.42. The lowest BCUT2D eigenvalue weighted by atomic mass is 9.83. The molecule has 1 aromatic heterocycles. The monoisotopic (exact) mass is 1110 g/mol. The predicted molar refractivity (Wildman–Crippen MR) is 243 cm³/mol. The summed E-state index contributed by atoms with van der Waals surface area (Å²) in [5.74, 6) is -7.35. The van der Waals surface area contributed by atoms with Gasteiger partial charge in [0, 0.05) is 34.7 Å². The van der Waals surface area contributed by atoms with Crippen LogP contribution in [-0.2, 0) is 94.9 Å². The van der Waals surface area contributed by atoms with E-state index in [-0.39, 0.29) is 33.6 Å². The van der Waals surface area contributed by atoms with Gasteiger partial charge in [-0.05, 0) is 48.8 Å². The zero-order valence-electron chi connectivity index (χ0n) is 34.8. The van der Waals surface area contributed by atoms with Gasteiger partial charge in [0.2, 0.25) is 40.1 Å². The van der Waals surface area contributed by atoms with Gasteiger partial charge in [-0.15, -0.1) is 29.0 Å². The summed E-state index contributed by atoms with van der Waals surface area (Å²) >= 11 is 6.92. The van der Waals surface area contributed by atoms with Crippen molar-refractivity contribution in [2.24, 2.45) is 0 Å². The molecular weight excluding hydrogens is 1080 g/mol. The third kappa shape index (κ3) is 13.3. The van der Waals surface area contributed by atoms with E-state index in [4.69, 9.17) is 22.3 Å². The second kappa shape index (κ2) is 20.3. The van der Waals surface area contributed by atoms with Crippen molar-refractivity contribution in [1.29, 1.82) is 0 Å². The number of hydrogen-bond donors (Lipinski definition) is 4. The molecule has 5 rings (SSSR count). The minimum Gasteiger partial charge on any atom is -0.344 e. The van der Waals surface area contributed by atoms with Crippen LogP contribution in [0.4, 0.5) is 5.69 Å². The molecule has 4 heterocycles. The van der Waals surface area contributed by atoms with Gasteiger partial charge in [0.05, 0.1) is 35.5 Å². The second-order valence-electron chi connectivity index (χ2n) is 15.0. The van der Waals surface area contributed by atoms with Crippen LogP contribution in [0.3, 0.4) is 0 Å². The van der Waals surface area contributed by atoms with E-state index < -0.39 is 118 Å². The van der Waals surface area contributed by atoms with E-state index in [1.807, 2.05) is 18.7 Å². The largest absolute Gasteiger partial charge is 0.344 e. The van der Waals surface area contributed by atoms with Gasteiger partial charge < -0.3 is 9.74 Å². The molecule has 0 aliphatic carbocycles. The standard InChI is InChI=1S/C32H38N6O20S9/c1-32(2)19-14-18(62-58-57-44)9-10-20(19)35(13-7-5-6-8-25(40)56-38-24(39)15-22(28(38)42)67(53,54)55)23(32)12-11-21-27(41)36(16-65(49,50)33-63(3,45)46)30(60-21)26-29(43)37(31(59)61-26)17-66(51,52)34-64(4,47)48/h9-12,14,22,33-34,44H,5-8,13,15-17H2,1-4H3,(H,53,54,55)/b21-11?,23-12-,30-26-. The van der Waals surface area contributed by atoms with E-state index in [2.05, 4.69) is 9.37 Å². The number of hydrogen-bond acceptors (Lipinski definition) is 24. The highest BCUT2D eigenvalue weighted by atomic mass is 32.3. The Morgan fingerprint density at radius 3 is 2.13 bits per heavy atom. The van der Waals surface area contributed by atoms with E-state index in [0.717, 1.165) is 0 Å². The van der Waals surface area contributed by atoms with Crippen LogP contribution in [0.25, 0.3) is 11.0 Å².